The van der Waals surface area contributed by atoms with Gasteiger partial charge in [0.25, 0.3) is 10.0 Å². The molecule has 0 radical (unpaired) electrons. The van der Waals surface area contributed by atoms with Gasteiger partial charge in [0.2, 0.25) is 0 Å². The number of halogens is 1. The van der Waals surface area contributed by atoms with E-state index in [0.717, 1.165) is 4.41 Å². The number of benzene rings is 1. The highest BCUT2D eigenvalue weighted by Gasteiger charge is 2.19. The van der Waals surface area contributed by atoms with Gasteiger partial charge >= 0.3 is 0 Å². The maximum atomic E-state index is 12.5. The molecule has 0 saturated heterocycles. The third kappa shape index (κ3) is 3.40. The molecule has 0 spiro atoms. The van der Waals surface area contributed by atoms with Crippen LogP contribution in [-0.4, -0.2) is 35.7 Å². The molecule has 7 nitrogen and oxygen atoms in total. The summed E-state index contributed by atoms with van der Waals surface area (Å²) < 4.78 is 28.2. The standard InChI is InChI=1S/C16H12BrN5O2S/c1-21(25(23,24)15-4-2-3-14(17)8-15)19-10-13-11-20-22-6-5-12(9-18)7-16(13)22/h2-8,10-11H,1H3/b19-10+. The Kier molecular flexibility index (Phi) is 4.57. The maximum absolute atomic E-state index is 12.5. The van der Waals surface area contributed by atoms with E-state index in [1.54, 1.807) is 41.2 Å². The van der Waals surface area contributed by atoms with Gasteiger partial charge in [-0.15, -0.1) is 0 Å². The van der Waals surface area contributed by atoms with Gasteiger partial charge in [0.1, 0.15) is 0 Å². The molecule has 2 aromatic heterocycles. The molecule has 2 heterocycles. The van der Waals surface area contributed by atoms with Crippen molar-refractivity contribution in [1.82, 2.24) is 14.0 Å². The summed E-state index contributed by atoms with van der Waals surface area (Å²) in [6.45, 7) is 0. The van der Waals surface area contributed by atoms with Crippen molar-refractivity contribution in [2.75, 3.05) is 7.05 Å². The molecule has 0 unspecified atom stereocenters. The molecule has 0 saturated carbocycles. The van der Waals surface area contributed by atoms with Crippen molar-refractivity contribution < 1.29 is 8.42 Å². The van der Waals surface area contributed by atoms with Crippen molar-refractivity contribution in [3.8, 4) is 6.07 Å². The Morgan fingerprint density at radius 3 is 2.88 bits per heavy atom. The molecular weight excluding hydrogens is 406 g/mol. The lowest BCUT2D eigenvalue weighted by molar-refractivity contribution is 0.491. The van der Waals surface area contributed by atoms with Crippen LogP contribution in [0.1, 0.15) is 11.1 Å². The van der Waals surface area contributed by atoms with Gasteiger partial charge in [0.05, 0.1) is 34.5 Å². The number of sulfonamides is 1. The minimum atomic E-state index is -3.75. The summed E-state index contributed by atoms with van der Waals surface area (Å²) in [4.78, 5) is 0.133. The number of pyridine rings is 1. The highest BCUT2D eigenvalue weighted by molar-refractivity contribution is 9.10. The molecule has 9 heteroatoms. The average Bonchev–Trinajstić information content (AvgIpc) is 3.01. The highest BCUT2D eigenvalue weighted by Crippen LogP contribution is 2.19. The van der Waals surface area contributed by atoms with Crippen molar-refractivity contribution >= 4 is 37.7 Å². The van der Waals surface area contributed by atoms with E-state index < -0.39 is 10.0 Å². The molecule has 3 rings (SSSR count). The van der Waals surface area contributed by atoms with Gasteiger partial charge in [-0.1, -0.05) is 22.0 Å². The topological polar surface area (TPSA) is 90.8 Å². The first-order valence-corrected chi connectivity index (χ1v) is 9.31. The molecule has 0 aliphatic carbocycles. The van der Waals surface area contributed by atoms with Gasteiger partial charge in [-0.2, -0.15) is 28.3 Å². The van der Waals surface area contributed by atoms with Crippen molar-refractivity contribution in [1.29, 1.82) is 5.26 Å². The molecule has 3 aromatic rings. The normalized spacial score (nSPS) is 11.7. The molecule has 0 bridgehead atoms. The van der Waals surface area contributed by atoms with Crippen LogP contribution in [-0.2, 0) is 10.0 Å². The Morgan fingerprint density at radius 2 is 2.16 bits per heavy atom. The smallest absolute Gasteiger partial charge is 0.240 e. The van der Waals surface area contributed by atoms with E-state index in [4.69, 9.17) is 5.26 Å². The molecule has 0 fully saturated rings. The molecule has 126 valence electrons. The van der Waals surface area contributed by atoms with Crippen LogP contribution in [0.4, 0.5) is 0 Å². The lowest BCUT2D eigenvalue weighted by atomic mass is 10.2. The van der Waals surface area contributed by atoms with Crippen LogP contribution in [0, 0.1) is 11.3 Å². The van der Waals surface area contributed by atoms with Crippen LogP contribution in [0.15, 0.2) is 63.3 Å². The van der Waals surface area contributed by atoms with E-state index in [2.05, 4.69) is 32.2 Å². The number of rotatable bonds is 4. The minimum Gasteiger partial charge on any atom is -0.240 e. The minimum absolute atomic E-state index is 0.133. The lowest BCUT2D eigenvalue weighted by Gasteiger charge is -2.13. The van der Waals surface area contributed by atoms with E-state index >= 15 is 0 Å². The summed E-state index contributed by atoms with van der Waals surface area (Å²) in [5.41, 5.74) is 1.75. The van der Waals surface area contributed by atoms with Crippen molar-refractivity contribution in [3.63, 3.8) is 0 Å². The van der Waals surface area contributed by atoms with E-state index in [1.807, 2.05) is 0 Å². The number of hydrazone groups is 1. The van der Waals surface area contributed by atoms with Gasteiger partial charge in [-0.25, -0.2) is 4.52 Å². The summed E-state index contributed by atoms with van der Waals surface area (Å²) in [6, 6.07) is 11.8. The fourth-order valence-electron chi connectivity index (χ4n) is 2.15. The number of aromatic nitrogens is 2. The quantitative estimate of drug-likeness (QED) is 0.481. The maximum Gasteiger partial charge on any atom is 0.278 e. The SMILES string of the molecule is CN(/N=C/c1cnn2ccc(C#N)cc12)S(=O)(=O)c1cccc(Br)c1. The molecule has 0 aliphatic heterocycles. The van der Waals surface area contributed by atoms with Gasteiger partial charge in [0.15, 0.2) is 0 Å². The van der Waals surface area contributed by atoms with Crippen LogP contribution in [0.2, 0.25) is 0 Å². The number of nitriles is 1. The zero-order valence-corrected chi connectivity index (χ0v) is 15.4. The first-order chi connectivity index (χ1) is 11.9. The molecule has 0 N–H and O–H groups in total. The summed E-state index contributed by atoms with van der Waals surface area (Å²) in [5, 5.41) is 17.2. The summed E-state index contributed by atoms with van der Waals surface area (Å²) in [7, 11) is -2.39. The highest BCUT2D eigenvalue weighted by atomic mass is 79.9. The van der Waals surface area contributed by atoms with Crippen LogP contribution >= 0.6 is 15.9 Å². The number of hydrogen-bond acceptors (Lipinski definition) is 5. The zero-order valence-electron chi connectivity index (χ0n) is 13.0. The third-order valence-electron chi connectivity index (χ3n) is 3.48. The van der Waals surface area contributed by atoms with E-state index in [-0.39, 0.29) is 4.90 Å². The Balaban J connectivity index is 1.93. The fourth-order valence-corrected chi connectivity index (χ4v) is 3.71. The third-order valence-corrected chi connectivity index (χ3v) is 5.61. The summed E-state index contributed by atoms with van der Waals surface area (Å²) >= 11 is 3.26. The predicted molar refractivity (Wildman–Crippen MR) is 96.6 cm³/mol. The lowest BCUT2D eigenvalue weighted by Crippen LogP contribution is -2.21. The second-order valence-electron chi connectivity index (χ2n) is 5.10. The van der Waals surface area contributed by atoms with Gasteiger partial charge < -0.3 is 0 Å². The Labute approximate surface area is 153 Å². The van der Waals surface area contributed by atoms with E-state index in [9.17, 15) is 8.42 Å². The largest absolute Gasteiger partial charge is 0.278 e. The van der Waals surface area contributed by atoms with Gasteiger partial charge in [-0.05, 0) is 30.3 Å². The summed E-state index contributed by atoms with van der Waals surface area (Å²) in [6.07, 6.45) is 4.62. The number of nitrogens with zero attached hydrogens (tertiary/aromatic N) is 5. The average molecular weight is 418 g/mol. The monoisotopic (exact) mass is 417 g/mol. The van der Waals surface area contributed by atoms with Crippen LogP contribution < -0.4 is 0 Å². The summed E-state index contributed by atoms with van der Waals surface area (Å²) in [5.74, 6) is 0. The second-order valence-corrected chi connectivity index (χ2v) is 7.96. The number of hydrogen-bond donors (Lipinski definition) is 0. The van der Waals surface area contributed by atoms with Crippen LogP contribution in [0.3, 0.4) is 0 Å². The van der Waals surface area contributed by atoms with Gasteiger partial charge in [0, 0.05) is 23.3 Å². The van der Waals surface area contributed by atoms with Crippen LogP contribution in [0.5, 0.6) is 0 Å². The predicted octanol–water partition coefficient (Wildman–Crippen LogP) is 2.62. The molecule has 0 aliphatic rings. The molecule has 25 heavy (non-hydrogen) atoms. The first-order valence-electron chi connectivity index (χ1n) is 7.08. The van der Waals surface area contributed by atoms with Crippen molar-refractivity contribution in [2.24, 2.45) is 5.10 Å². The van der Waals surface area contributed by atoms with Crippen molar-refractivity contribution in [3.05, 3.63) is 64.4 Å². The Hall–Kier alpha value is -2.70. The Morgan fingerprint density at radius 1 is 1.36 bits per heavy atom. The number of fused-ring (bicyclic) bond motifs is 1. The fraction of sp³-hybridized carbons (Fsp3) is 0.0625. The van der Waals surface area contributed by atoms with E-state index in [0.29, 0.717) is 21.1 Å². The molecule has 0 amide bonds. The van der Waals surface area contributed by atoms with Gasteiger partial charge in [-0.3, -0.25) is 0 Å². The van der Waals surface area contributed by atoms with Crippen molar-refractivity contribution in [2.45, 2.75) is 4.90 Å². The second kappa shape index (κ2) is 6.66. The Bertz CT molecular complexity index is 1120. The van der Waals surface area contributed by atoms with Crippen LogP contribution in [0.25, 0.3) is 5.52 Å². The molecular formula is C16H12BrN5O2S. The molecule has 0 atom stereocenters. The zero-order chi connectivity index (χ0) is 18.0. The van der Waals surface area contributed by atoms with E-state index in [1.165, 1.54) is 25.4 Å². The first kappa shape index (κ1) is 17.1. The molecule has 1 aromatic carbocycles.